The van der Waals surface area contributed by atoms with Crippen LogP contribution < -0.4 is 15.8 Å². The smallest absolute Gasteiger partial charge is 0.318 e. The fourth-order valence-electron chi connectivity index (χ4n) is 1.14. The van der Waals surface area contributed by atoms with Gasteiger partial charge >= 0.3 is 6.01 Å². The van der Waals surface area contributed by atoms with E-state index < -0.39 is 0 Å². The van der Waals surface area contributed by atoms with Crippen LogP contribution in [0.2, 0.25) is 5.02 Å². The van der Waals surface area contributed by atoms with Crippen molar-refractivity contribution in [1.82, 2.24) is 9.97 Å². The molecule has 0 atom stereocenters. The first-order valence-corrected chi connectivity index (χ1v) is 5.74. The van der Waals surface area contributed by atoms with E-state index in [1.165, 1.54) is 13.3 Å². The quantitative estimate of drug-likeness (QED) is 0.677. The Morgan fingerprint density at radius 2 is 2.29 bits per heavy atom. The van der Waals surface area contributed by atoms with E-state index >= 15 is 0 Å². The molecule has 0 aliphatic heterocycles. The number of anilines is 1. The van der Waals surface area contributed by atoms with Crippen molar-refractivity contribution in [2.24, 2.45) is 5.73 Å². The van der Waals surface area contributed by atoms with E-state index in [-0.39, 0.29) is 6.01 Å². The molecular weight excluding hydrogens is 244 g/mol. The summed E-state index contributed by atoms with van der Waals surface area (Å²) in [5, 5.41) is 3.56. The highest BCUT2D eigenvalue weighted by Gasteiger charge is 2.04. The second-order valence-electron chi connectivity index (χ2n) is 3.23. The number of halogens is 1. The molecule has 0 fully saturated rings. The Morgan fingerprint density at radius 1 is 1.47 bits per heavy atom. The standard InChI is InChI=1S/C10H17ClN4O2/c1-16-10-14-7-8(11)9(15-10)13-4-2-5-17-6-3-12/h7H,2-6,12H2,1H3,(H,13,14,15). The zero-order valence-electron chi connectivity index (χ0n) is 9.78. The molecule has 0 saturated heterocycles. The predicted octanol–water partition coefficient (Wildman–Crippen LogP) is 0.916. The van der Waals surface area contributed by atoms with Crippen LogP contribution in [0.3, 0.4) is 0 Å². The van der Waals surface area contributed by atoms with Crippen LogP contribution in [0.15, 0.2) is 6.20 Å². The van der Waals surface area contributed by atoms with E-state index in [0.717, 1.165) is 6.42 Å². The molecule has 1 heterocycles. The van der Waals surface area contributed by atoms with Gasteiger partial charge < -0.3 is 20.5 Å². The molecule has 0 amide bonds. The van der Waals surface area contributed by atoms with Gasteiger partial charge in [0.2, 0.25) is 0 Å². The maximum absolute atomic E-state index is 5.92. The minimum absolute atomic E-state index is 0.288. The Hall–Kier alpha value is -1.11. The van der Waals surface area contributed by atoms with E-state index in [1.807, 2.05) is 0 Å². The minimum Gasteiger partial charge on any atom is -0.467 e. The van der Waals surface area contributed by atoms with E-state index in [1.54, 1.807) is 0 Å². The van der Waals surface area contributed by atoms with Gasteiger partial charge in [-0.05, 0) is 6.42 Å². The number of hydrogen-bond donors (Lipinski definition) is 2. The summed E-state index contributed by atoms with van der Waals surface area (Å²) in [4.78, 5) is 7.97. The molecule has 0 saturated carbocycles. The predicted molar refractivity (Wildman–Crippen MR) is 66.6 cm³/mol. The SMILES string of the molecule is COc1ncc(Cl)c(NCCCOCCN)n1. The summed E-state index contributed by atoms with van der Waals surface area (Å²) in [5.74, 6) is 0.567. The molecule has 17 heavy (non-hydrogen) atoms. The first-order valence-electron chi connectivity index (χ1n) is 5.36. The summed E-state index contributed by atoms with van der Waals surface area (Å²) < 4.78 is 10.2. The molecule has 0 spiro atoms. The van der Waals surface area contributed by atoms with Crippen molar-refractivity contribution in [3.63, 3.8) is 0 Å². The van der Waals surface area contributed by atoms with Crippen molar-refractivity contribution in [2.45, 2.75) is 6.42 Å². The van der Waals surface area contributed by atoms with Gasteiger partial charge in [-0.2, -0.15) is 4.98 Å². The fraction of sp³-hybridized carbons (Fsp3) is 0.600. The van der Waals surface area contributed by atoms with Crippen molar-refractivity contribution < 1.29 is 9.47 Å². The van der Waals surface area contributed by atoms with Gasteiger partial charge in [-0.3, -0.25) is 0 Å². The number of nitrogens with one attached hydrogen (secondary N) is 1. The van der Waals surface area contributed by atoms with Crippen LogP contribution in [0.4, 0.5) is 5.82 Å². The summed E-state index contributed by atoms with van der Waals surface area (Å²) >= 11 is 5.92. The van der Waals surface area contributed by atoms with Crippen molar-refractivity contribution in [3.05, 3.63) is 11.2 Å². The molecule has 7 heteroatoms. The van der Waals surface area contributed by atoms with Gasteiger partial charge in [0.05, 0.1) is 19.9 Å². The molecule has 96 valence electrons. The van der Waals surface area contributed by atoms with Crippen LogP contribution in [-0.4, -0.2) is 43.4 Å². The van der Waals surface area contributed by atoms with E-state index in [4.69, 9.17) is 26.8 Å². The molecule has 0 radical (unpaired) electrons. The van der Waals surface area contributed by atoms with E-state index in [2.05, 4.69) is 15.3 Å². The zero-order valence-corrected chi connectivity index (χ0v) is 10.5. The maximum Gasteiger partial charge on any atom is 0.318 e. The summed E-state index contributed by atoms with van der Waals surface area (Å²) in [5.41, 5.74) is 5.30. The number of aromatic nitrogens is 2. The minimum atomic E-state index is 0.288. The van der Waals surface area contributed by atoms with Crippen LogP contribution >= 0.6 is 11.6 Å². The summed E-state index contributed by atoms with van der Waals surface area (Å²) in [7, 11) is 1.51. The number of rotatable bonds is 8. The van der Waals surface area contributed by atoms with Crippen LogP contribution in [0, 0.1) is 0 Å². The van der Waals surface area contributed by atoms with Crippen LogP contribution in [0.5, 0.6) is 6.01 Å². The topological polar surface area (TPSA) is 82.3 Å². The highest BCUT2D eigenvalue weighted by atomic mass is 35.5. The molecule has 0 aliphatic rings. The molecule has 1 aromatic rings. The number of nitrogens with zero attached hydrogens (tertiary/aromatic N) is 2. The molecule has 3 N–H and O–H groups in total. The largest absolute Gasteiger partial charge is 0.467 e. The van der Waals surface area contributed by atoms with E-state index in [9.17, 15) is 0 Å². The molecular formula is C10H17ClN4O2. The van der Waals surface area contributed by atoms with E-state index in [0.29, 0.717) is 37.1 Å². The normalized spacial score (nSPS) is 10.3. The highest BCUT2D eigenvalue weighted by Crippen LogP contribution is 2.19. The third kappa shape index (κ3) is 5.16. The molecule has 1 rings (SSSR count). The lowest BCUT2D eigenvalue weighted by Crippen LogP contribution is -2.12. The van der Waals surface area contributed by atoms with Crippen LogP contribution in [0.25, 0.3) is 0 Å². The second-order valence-corrected chi connectivity index (χ2v) is 3.64. The molecule has 0 aromatic carbocycles. The first-order chi connectivity index (χ1) is 8.27. The maximum atomic E-state index is 5.92. The van der Waals surface area contributed by atoms with Crippen molar-refractivity contribution >= 4 is 17.4 Å². The van der Waals surface area contributed by atoms with Gasteiger partial charge in [-0.25, -0.2) is 4.98 Å². The Bertz CT molecular complexity index is 338. The van der Waals surface area contributed by atoms with Crippen molar-refractivity contribution in [2.75, 3.05) is 38.7 Å². The monoisotopic (exact) mass is 260 g/mol. The average Bonchev–Trinajstić information content (AvgIpc) is 2.35. The van der Waals surface area contributed by atoms with Crippen molar-refractivity contribution in [1.29, 1.82) is 0 Å². The molecule has 6 nitrogen and oxygen atoms in total. The molecule has 0 aliphatic carbocycles. The van der Waals surface area contributed by atoms with Gasteiger partial charge in [0, 0.05) is 19.7 Å². The lowest BCUT2D eigenvalue weighted by atomic mass is 10.4. The number of nitrogens with two attached hydrogens (primary N) is 1. The number of hydrogen-bond acceptors (Lipinski definition) is 6. The molecule has 1 aromatic heterocycles. The van der Waals surface area contributed by atoms with Gasteiger partial charge in [0.1, 0.15) is 5.02 Å². The fourth-order valence-corrected chi connectivity index (χ4v) is 1.30. The third-order valence-electron chi connectivity index (χ3n) is 1.92. The van der Waals surface area contributed by atoms with Crippen LogP contribution in [0.1, 0.15) is 6.42 Å². The Kier molecular flexibility index (Phi) is 6.61. The lowest BCUT2D eigenvalue weighted by molar-refractivity contribution is 0.141. The number of ether oxygens (including phenoxy) is 2. The zero-order chi connectivity index (χ0) is 12.5. The van der Waals surface area contributed by atoms with Gasteiger partial charge in [-0.15, -0.1) is 0 Å². The summed E-state index contributed by atoms with van der Waals surface area (Å²) in [6, 6.07) is 0.288. The van der Waals surface area contributed by atoms with Gasteiger partial charge in [-0.1, -0.05) is 11.6 Å². The van der Waals surface area contributed by atoms with Gasteiger partial charge in [0.15, 0.2) is 5.82 Å². The highest BCUT2D eigenvalue weighted by molar-refractivity contribution is 6.32. The summed E-state index contributed by atoms with van der Waals surface area (Å²) in [6.45, 7) is 2.50. The Labute approximate surface area is 105 Å². The first kappa shape index (κ1) is 14.0. The molecule has 0 unspecified atom stereocenters. The second kappa shape index (κ2) is 8.05. The number of methoxy groups -OCH3 is 1. The van der Waals surface area contributed by atoms with Crippen molar-refractivity contribution in [3.8, 4) is 6.01 Å². The Balaban J connectivity index is 2.30. The third-order valence-corrected chi connectivity index (χ3v) is 2.20. The van der Waals surface area contributed by atoms with Gasteiger partial charge in [0.25, 0.3) is 0 Å². The Morgan fingerprint density at radius 3 is 3.00 bits per heavy atom. The van der Waals surface area contributed by atoms with Crippen LogP contribution in [-0.2, 0) is 4.74 Å². The summed E-state index contributed by atoms with van der Waals surface area (Å²) in [6.07, 6.45) is 2.35. The lowest BCUT2D eigenvalue weighted by Gasteiger charge is -2.08. The average molecular weight is 261 g/mol. The molecule has 0 bridgehead atoms.